The Bertz CT molecular complexity index is 1230. The first-order chi connectivity index (χ1) is 17.9. The first-order valence-corrected chi connectivity index (χ1v) is 13.4. The highest BCUT2D eigenvalue weighted by atomic mass is 32.2. The molecule has 0 unspecified atom stereocenters. The minimum absolute atomic E-state index is 0.00510. The molecule has 0 saturated carbocycles. The highest BCUT2D eigenvalue weighted by molar-refractivity contribution is 7.89. The molecule has 0 fully saturated rings. The molecule has 208 valence electrons. The van der Waals surface area contributed by atoms with Crippen LogP contribution in [0.5, 0.6) is 17.2 Å². The maximum absolute atomic E-state index is 13.5. The summed E-state index contributed by atoms with van der Waals surface area (Å²) in [5.74, 6) is 0.969. The molecule has 1 aliphatic heterocycles. The zero-order chi connectivity index (χ0) is 28.0. The number of carboxylic acid groups (broad SMARTS) is 1. The second-order valence-corrected chi connectivity index (χ2v) is 11.4. The second-order valence-electron chi connectivity index (χ2n) is 9.46. The van der Waals surface area contributed by atoms with Crippen LogP contribution < -0.4 is 19.5 Å². The minimum atomic E-state index is -4.06. The number of amides is 2. The van der Waals surface area contributed by atoms with Gasteiger partial charge in [-0.1, -0.05) is 26.0 Å². The van der Waals surface area contributed by atoms with Gasteiger partial charge in [0.05, 0.1) is 17.0 Å². The fourth-order valence-corrected chi connectivity index (χ4v) is 5.42. The van der Waals surface area contributed by atoms with Crippen molar-refractivity contribution in [2.75, 3.05) is 34.0 Å². The Kier molecular flexibility index (Phi) is 9.41. The predicted octanol–water partition coefficient (Wildman–Crippen LogP) is 2.36. The number of ether oxygens (including phenoxy) is 3. The van der Waals surface area contributed by atoms with Gasteiger partial charge < -0.3 is 34.6 Å². The number of carbonyl (C=O) groups is 2. The van der Waals surface area contributed by atoms with Gasteiger partial charge in [0.25, 0.3) is 0 Å². The van der Waals surface area contributed by atoms with Gasteiger partial charge in [0.15, 0.2) is 11.5 Å². The Morgan fingerprint density at radius 3 is 2.32 bits per heavy atom. The molecule has 13 heteroatoms. The lowest BCUT2D eigenvalue weighted by atomic mass is 10.0. The van der Waals surface area contributed by atoms with Gasteiger partial charge in [-0.25, -0.2) is 18.0 Å². The van der Waals surface area contributed by atoms with Crippen molar-refractivity contribution >= 4 is 22.2 Å². The number of nitrogens with one attached hydrogen (secondary N) is 1. The summed E-state index contributed by atoms with van der Waals surface area (Å²) in [4.78, 5) is 24.5. The van der Waals surface area contributed by atoms with E-state index in [9.17, 15) is 28.2 Å². The minimum Gasteiger partial charge on any atom is -0.465 e. The van der Waals surface area contributed by atoms with Crippen LogP contribution in [-0.2, 0) is 16.4 Å². The van der Waals surface area contributed by atoms with Gasteiger partial charge in [0, 0.05) is 33.3 Å². The Hall–Kier alpha value is -3.55. The first kappa shape index (κ1) is 29.0. The topological polar surface area (TPSA) is 155 Å². The van der Waals surface area contributed by atoms with Crippen LogP contribution in [0.25, 0.3) is 0 Å². The number of aliphatic hydroxyl groups is 1. The molecule has 0 spiro atoms. The van der Waals surface area contributed by atoms with Gasteiger partial charge in [-0.3, -0.25) is 0 Å². The van der Waals surface area contributed by atoms with Crippen LogP contribution in [0.2, 0.25) is 0 Å². The van der Waals surface area contributed by atoms with Crippen LogP contribution in [0.15, 0.2) is 47.4 Å². The average molecular weight is 552 g/mol. The molecule has 2 atom stereocenters. The predicted molar refractivity (Wildman–Crippen MR) is 137 cm³/mol. The third-order valence-corrected chi connectivity index (χ3v) is 7.49. The highest BCUT2D eigenvalue weighted by Crippen LogP contribution is 2.35. The molecular weight excluding hydrogens is 518 g/mol. The molecular formula is C25H33N3O9S. The van der Waals surface area contributed by atoms with Gasteiger partial charge in [0.1, 0.15) is 5.75 Å². The van der Waals surface area contributed by atoms with E-state index in [0.29, 0.717) is 22.8 Å². The monoisotopic (exact) mass is 551 g/mol. The van der Waals surface area contributed by atoms with Crippen LogP contribution >= 0.6 is 0 Å². The van der Waals surface area contributed by atoms with Gasteiger partial charge in [-0.2, -0.15) is 4.31 Å². The molecule has 0 bridgehead atoms. The van der Waals surface area contributed by atoms with Crippen LogP contribution in [0, 0.1) is 5.92 Å². The van der Waals surface area contributed by atoms with Crippen LogP contribution in [0.3, 0.4) is 0 Å². The van der Waals surface area contributed by atoms with E-state index < -0.39 is 34.4 Å². The van der Waals surface area contributed by atoms with Gasteiger partial charge in [-0.05, 0) is 42.2 Å². The molecule has 2 aromatic carbocycles. The van der Waals surface area contributed by atoms with E-state index in [0.717, 1.165) is 4.31 Å². The fraction of sp³-hybridized carbons (Fsp3) is 0.440. The average Bonchev–Trinajstić information content (AvgIpc) is 3.31. The molecule has 1 aliphatic rings. The zero-order valence-corrected chi connectivity index (χ0v) is 22.5. The summed E-state index contributed by atoms with van der Waals surface area (Å²) >= 11 is 0. The lowest BCUT2D eigenvalue weighted by Gasteiger charge is -2.30. The van der Waals surface area contributed by atoms with Crippen molar-refractivity contribution in [3.8, 4) is 17.2 Å². The maximum atomic E-state index is 13.5. The Morgan fingerprint density at radius 2 is 1.71 bits per heavy atom. The van der Waals surface area contributed by atoms with Crippen LogP contribution in [0.4, 0.5) is 9.59 Å². The molecule has 0 aromatic heterocycles. The lowest BCUT2D eigenvalue weighted by molar-refractivity contribution is 0.0980. The lowest BCUT2D eigenvalue weighted by Crippen LogP contribution is -2.50. The van der Waals surface area contributed by atoms with Crippen molar-refractivity contribution in [3.63, 3.8) is 0 Å². The number of rotatable bonds is 11. The number of aliphatic hydroxyl groups excluding tert-OH is 1. The third kappa shape index (κ3) is 7.49. The molecule has 3 rings (SSSR count). The normalized spacial score (nSPS) is 14.3. The summed E-state index contributed by atoms with van der Waals surface area (Å²) in [6.45, 7) is 3.42. The molecule has 2 aromatic rings. The number of hydrogen-bond acceptors (Lipinski definition) is 8. The second kappa shape index (κ2) is 12.3. The zero-order valence-electron chi connectivity index (χ0n) is 21.7. The first-order valence-electron chi connectivity index (χ1n) is 11.9. The number of benzene rings is 2. The largest absolute Gasteiger partial charge is 0.465 e. The van der Waals surface area contributed by atoms with Crippen LogP contribution in [-0.4, -0.2) is 86.1 Å². The summed E-state index contributed by atoms with van der Waals surface area (Å²) < 4.78 is 43.9. The van der Waals surface area contributed by atoms with E-state index in [2.05, 4.69) is 5.32 Å². The van der Waals surface area contributed by atoms with E-state index in [1.165, 1.54) is 23.1 Å². The maximum Gasteiger partial charge on any atom is 0.414 e. The van der Waals surface area contributed by atoms with Gasteiger partial charge >= 0.3 is 12.2 Å². The molecule has 0 radical (unpaired) electrons. The number of fused-ring (bicyclic) bond motifs is 1. The SMILES string of the molecule is CC(C)CN(C[C@H](O)[C@H](Cc1ccc(OC(=O)N(C)C)cc1)NC(=O)O)S(=O)(=O)c1ccc2c(c1)OCO2. The van der Waals surface area contributed by atoms with Crippen molar-refractivity contribution in [2.24, 2.45) is 5.92 Å². The molecule has 38 heavy (non-hydrogen) atoms. The number of hydrogen-bond donors (Lipinski definition) is 3. The van der Waals surface area contributed by atoms with Crippen molar-refractivity contribution in [3.05, 3.63) is 48.0 Å². The fourth-order valence-electron chi connectivity index (χ4n) is 3.78. The van der Waals surface area contributed by atoms with E-state index in [4.69, 9.17) is 14.2 Å². The van der Waals surface area contributed by atoms with Crippen molar-refractivity contribution in [1.82, 2.24) is 14.5 Å². The number of nitrogens with zero attached hydrogens (tertiary/aromatic N) is 2. The third-order valence-electron chi connectivity index (χ3n) is 5.66. The standard InChI is InChI=1S/C25H33N3O9S/c1-16(2)13-28(38(33,34)19-9-10-22-23(12-19)36-15-35-22)14-21(29)20(26-24(30)31)11-17-5-7-18(8-6-17)37-25(32)27(3)4/h5-10,12,16,20-21,26,29H,11,13-15H2,1-4H3,(H,30,31)/t20-,21-/m0/s1. The summed E-state index contributed by atoms with van der Waals surface area (Å²) in [6.07, 6.45) is -3.22. The molecule has 1 heterocycles. The van der Waals surface area contributed by atoms with Gasteiger partial charge in [-0.15, -0.1) is 0 Å². The molecule has 0 aliphatic carbocycles. The number of sulfonamides is 1. The van der Waals surface area contributed by atoms with E-state index >= 15 is 0 Å². The summed E-state index contributed by atoms with van der Waals surface area (Å²) in [5, 5.41) is 22.7. The highest BCUT2D eigenvalue weighted by Gasteiger charge is 2.32. The summed E-state index contributed by atoms with van der Waals surface area (Å²) in [5.41, 5.74) is 0.640. The summed E-state index contributed by atoms with van der Waals surface area (Å²) in [7, 11) is -0.959. The quantitative estimate of drug-likeness (QED) is 0.382. The van der Waals surface area contributed by atoms with Crippen molar-refractivity contribution in [1.29, 1.82) is 0 Å². The summed E-state index contributed by atoms with van der Waals surface area (Å²) in [6, 6.07) is 9.63. The Morgan fingerprint density at radius 1 is 1.05 bits per heavy atom. The van der Waals surface area contributed by atoms with Crippen molar-refractivity contribution < 1.29 is 42.4 Å². The van der Waals surface area contributed by atoms with Gasteiger partial charge in [0.2, 0.25) is 16.8 Å². The van der Waals surface area contributed by atoms with Crippen molar-refractivity contribution in [2.45, 2.75) is 37.3 Å². The van der Waals surface area contributed by atoms with E-state index in [1.807, 2.05) is 13.8 Å². The number of carbonyl (C=O) groups excluding carboxylic acids is 1. The molecule has 0 saturated heterocycles. The van der Waals surface area contributed by atoms with E-state index in [-0.39, 0.29) is 37.1 Å². The van der Waals surface area contributed by atoms with Crippen LogP contribution in [0.1, 0.15) is 19.4 Å². The molecule has 12 nitrogen and oxygen atoms in total. The smallest absolute Gasteiger partial charge is 0.414 e. The Labute approximate surface area is 221 Å². The Balaban J connectivity index is 1.79. The molecule has 3 N–H and O–H groups in total. The van der Waals surface area contributed by atoms with E-state index in [1.54, 1.807) is 38.4 Å². The molecule has 2 amide bonds.